The van der Waals surface area contributed by atoms with Crippen LogP contribution in [-0.4, -0.2) is 63.7 Å². The van der Waals surface area contributed by atoms with E-state index in [-0.39, 0.29) is 6.04 Å². The zero-order chi connectivity index (χ0) is 13.4. The smallest absolute Gasteiger partial charge is 0.124 e. The maximum Gasteiger partial charge on any atom is 0.124 e. The second kappa shape index (κ2) is 7.94. The van der Waals surface area contributed by atoms with E-state index in [1.165, 1.54) is 0 Å². The van der Waals surface area contributed by atoms with E-state index in [1.807, 2.05) is 13.0 Å². The maximum atomic E-state index is 6.08. The summed E-state index contributed by atoms with van der Waals surface area (Å²) in [4.78, 5) is 6.35. The lowest BCUT2D eigenvalue weighted by Gasteiger charge is -2.29. The number of piperazine rings is 1. The van der Waals surface area contributed by atoms with Crippen LogP contribution in [-0.2, 0) is 4.74 Å². The molecule has 0 amide bonds. The molecule has 4 N–H and O–H groups in total. The molecule has 1 rings (SSSR count). The van der Waals surface area contributed by atoms with Crippen molar-refractivity contribution in [2.75, 3.05) is 46.9 Å². The molecule has 1 heterocycles. The number of nitrogens with zero attached hydrogens (tertiary/aromatic N) is 2. The number of methoxy groups -OCH3 is 1. The number of hydrogen-bond acceptors (Lipinski definition) is 5. The van der Waals surface area contributed by atoms with Gasteiger partial charge >= 0.3 is 0 Å². The van der Waals surface area contributed by atoms with Crippen LogP contribution in [0.2, 0.25) is 0 Å². The largest absolute Gasteiger partial charge is 0.385 e. The van der Waals surface area contributed by atoms with Crippen LogP contribution in [0.3, 0.4) is 0 Å². The molecule has 1 aliphatic heterocycles. The van der Waals surface area contributed by atoms with Gasteiger partial charge < -0.3 is 26.0 Å². The summed E-state index contributed by atoms with van der Waals surface area (Å²) in [6.07, 6.45) is 1.89. The van der Waals surface area contributed by atoms with E-state index in [9.17, 15) is 0 Å². The summed E-state index contributed by atoms with van der Waals surface area (Å²) in [5.74, 6) is 1.55. The standard InChI is InChI=1S/C12H25N5O/c1-10(9-18-3)16-12(14-2)8-11(13)17-6-4-15-5-7-17/h8,10,15H,4-7,9,13H2,1-3H3,(H,14,16)/b11-8+/t10-/m1/s1. The third-order valence-corrected chi connectivity index (χ3v) is 2.82. The van der Waals surface area contributed by atoms with Crippen molar-refractivity contribution in [3.63, 3.8) is 0 Å². The molecule has 1 aliphatic rings. The fourth-order valence-corrected chi connectivity index (χ4v) is 1.87. The Balaban J connectivity index is 2.54. The van der Waals surface area contributed by atoms with E-state index < -0.39 is 0 Å². The third kappa shape index (κ3) is 4.93. The highest BCUT2D eigenvalue weighted by molar-refractivity contribution is 5.93. The minimum atomic E-state index is 0.209. The number of ether oxygens (including phenoxy) is 1. The fourth-order valence-electron chi connectivity index (χ4n) is 1.87. The average molecular weight is 255 g/mol. The third-order valence-electron chi connectivity index (χ3n) is 2.82. The summed E-state index contributed by atoms with van der Waals surface area (Å²) >= 11 is 0. The molecule has 0 radical (unpaired) electrons. The van der Waals surface area contributed by atoms with Gasteiger partial charge in [-0.05, 0) is 6.92 Å². The second-order valence-corrected chi connectivity index (χ2v) is 4.42. The van der Waals surface area contributed by atoms with Crippen molar-refractivity contribution in [1.29, 1.82) is 0 Å². The molecule has 6 heteroatoms. The summed E-state index contributed by atoms with van der Waals surface area (Å²) in [5.41, 5.74) is 6.08. The molecule has 6 nitrogen and oxygen atoms in total. The molecule has 18 heavy (non-hydrogen) atoms. The molecule has 104 valence electrons. The van der Waals surface area contributed by atoms with Gasteiger partial charge in [0.15, 0.2) is 0 Å². The van der Waals surface area contributed by atoms with Gasteiger partial charge in [-0.2, -0.15) is 0 Å². The summed E-state index contributed by atoms with van der Waals surface area (Å²) < 4.78 is 5.08. The van der Waals surface area contributed by atoms with Gasteiger partial charge in [0.1, 0.15) is 11.7 Å². The maximum absolute atomic E-state index is 6.08. The first-order chi connectivity index (χ1) is 8.67. The zero-order valence-electron chi connectivity index (χ0n) is 11.6. The Kier molecular flexibility index (Phi) is 6.53. The van der Waals surface area contributed by atoms with Gasteiger partial charge in [0.2, 0.25) is 0 Å². The molecule has 0 aromatic carbocycles. The highest BCUT2D eigenvalue weighted by Gasteiger charge is 2.11. The molecule has 0 unspecified atom stereocenters. The van der Waals surface area contributed by atoms with Gasteiger partial charge in [-0.1, -0.05) is 0 Å². The van der Waals surface area contributed by atoms with E-state index >= 15 is 0 Å². The summed E-state index contributed by atoms with van der Waals surface area (Å²) in [6, 6.07) is 0.209. The number of rotatable bonds is 5. The molecule has 0 saturated carbocycles. The minimum Gasteiger partial charge on any atom is -0.385 e. The molecule has 0 aliphatic carbocycles. The van der Waals surface area contributed by atoms with Gasteiger partial charge in [-0.3, -0.25) is 4.99 Å². The zero-order valence-corrected chi connectivity index (χ0v) is 11.6. The predicted molar refractivity (Wildman–Crippen MR) is 74.5 cm³/mol. The lowest BCUT2D eigenvalue weighted by molar-refractivity contribution is 0.179. The number of nitrogens with two attached hydrogens (primary N) is 1. The van der Waals surface area contributed by atoms with Crippen LogP contribution >= 0.6 is 0 Å². The van der Waals surface area contributed by atoms with Gasteiger partial charge in [0, 0.05) is 52.5 Å². The Morgan fingerprint density at radius 1 is 1.56 bits per heavy atom. The molecule has 1 atom stereocenters. The Bertz CT molecular complexity index is 297. The van der Waals surface area contributed by atoms with Gasteiger partial charge in [0.25, 0.3) is 0 Å². The van der Waals surface area contributed by atoms with Crippen molar-refractivity contribution in [2.45, 2.75) is 13.0 Å². The van der Waals surface area contributed by atoms with Crippen molar-refractivity contribution in [3.05, 3.63) is 11.9 Å². The molecule has 0 spiro atoms. The first-order valence-corrected chi connectivity index (χ1v) is 6.32. The van der Waals surface area contributed by atoms with Crippen LogP contribution in [0.1, 0.15) is 6.92 Å². The lowest BCUT2D eigenvalue weighted by atomic mass is 10.3. The van der Waals surface area contributed by atoms with Crippen LogP contribution in [0.5, 0.6) is 0 Å². The SMILES string of the molecule is C/N=C(\C=C(/N)N1CCNCC1)N[C@H](C)COC. The van der Waals surface area contributed by atoms with Gasteiger partial charge in [-0.15, -0.1) is 0 Å². The summed E-state index contributed by atoms with van der Waals surface area (Å²) in [5, 5.41) is 6.56. The monoisotopic (exact) mass is 255 g/mol. The van der Waals surface area contributed by atoms with Gasteiger partial charge in [0.05, 0.1) is 6.61 Å². The van der Waals surface area contributed by atoms with Crippen molar-refractivity contribution in [3.8, 4) is 0 Å². The normalized spacial score (nSPS) is 19.8. The lowest BCUT2D eigenvalue weighted by Crippen LogP contribution is -2.45. The Morgan fingerprint density at radius 2 is 2.22 bits per heavy atom. The average Bonchev–Trinajstić information content (AvgIpc) is 2.39. The predicted octanol–water partition coefficient (Wildman–Crippen LogP) is -0.655. The Labute approximate surface area is 109 Å². The number of nitrogens with one attached hydrogen (secondary N) is 2. The molecule has 0 aromatic heterocycles. The van der Waals surface area contributed by atoms with Crippen LogP contribution < -0.4 is 16.4 Å². The molecular formula is C12H25N5O. The Morgan fingerprint density at radius 3 is 2.78 bits per heavy atom. The van der Waals surface area contributed by atoms with Crippen LogP contribution in [0.4, 0.5) is 0 Å². The highest BCUT2D eigenvalue weighted by Crippen LogP contribution is 2.00. The van der Waals surface area contributed by atoms with Crippen molar-refractivity contribution in [1.82, 2.24) is 15.5 Å². The number of amidine groups is 1. The van der Waals surface area contributed by atoms with E-state index in [1.54, 1.807) is 14.2 Å². The van der Waals surface area contributed by atoms with E-state index in [2.05, 4.69) is 20.5 Å². The Hall–Kier alpha value is -1.27. The van der Waals surface area contributed by atoms with Crippen LogP contribution in [0, 0.1) is 0 Å². The molecular weight excluding hydrogens is 230 g/mol. The number of aliphatic imine (C=N–C) groups is 1. The first kappa shape index (κ1) is 14.8. The summed E-state index contributed by atoms with van der Waals surface area (Å²) in [6.45, 7) is 6.51. The van der Waals surface area contributed by atoms with Crippen LogP contribution in [0.15, 0.2) is 16.9 Å². The van der Waals surface area contributed by atoms with Crippen molar-refractivity contribution >= 4 is 5.84 Å². The molecule has 0 bridgehead atoms. The highest BCUT2D eigenvalue weighted by atomic mass is 16.5. The first-order valence-electron chi connectivity index (χ1n) is 6.32. The summed E-state index contributed by atoms with van der Waals surface area (Å²) in [7, 11) is 3.44. The fraction of sp³-hybridized carbons (Fsp3) is 0.750. The quantitative estimate of drug-likeness (QED) is 0.449. The topological polar surface area (TPSA) is 74.9 Å². The number of hydrogen-bond donors (Lipinski definition) is 3. The van der Waals surface area contributed by atoms with E-state index in [0.29, 0.717) is 6.61 Å². The van der Waals surface area contributed by atoms with Crippen molar-refractivity contribution in [2.24, 2.45) is 10.7 Å². The van der Waals surface area contributed by atoms with E-state index in [4.69, 9.17) is 10.5 Å². The molecule has 1 fully saturated rings. The second-order valence-electron chi connectivity index (χ2n) is 4.42. The molecule has 1 saturated heterocycles. The van der Waals surface area contributed by atoms with E-state index in [0.717, 1.165) is 37.8 Å². The van der Waals surface area contributed by atoms with Crippen LogP contribution in [0.25, 0.3) is 0 Å². The molecule has 0 aromatic rings. The van der Waals surface area contributed by atoms with Gasteiger partial charge in [-0.25, -0.2) is 0 Å². The van der Waals surface area contributed by atoms with Crippen molar-refractivity contribution < 1.29 is 4.74 Å². The minimum absolute atomic E-state index is 0.209.